The largest absolute Gasteiger partial charge is 0.462 e. The fourth-order valence-electron chi connectivity index (χ4n) is 3.64. The number of benzene rings is 2. The Labute approximate surface area is 237 Å². The van der Waals surface area contributed by atoms with Crippen molar-refractivity contribution in [2.45, 2.75) is 51.4 Å². The SMILES string of the molecule is CN(C)c1ccc(C(=O)OCCCCCCSSCCCCCCOC(=O)c2ccc(N(C)C)cc2)cc1. The van der Waals surface area contributed by atoms with Gasteiger partial charge in [-0.1, -0.05) is 47.3 Å². The van der Waals surface area contributed by atoms with Crippen LogP contribution in [0.4, 0.5) is 11.4 Å². The number of anilines is 2. The van der Waals surface area contributed by atoms with E-state index in [0.717, 1.165) is 48.6 Å². The summed E-state index contributed by atoms with van der Waals surface area (Å²) in [5.41, 5.74) is 3.34. The van der Waals surface area contributed by atoms with Gasteiger partial charge in [-0.2, -0.15) is 0 Å². The van der Waals surface area contributed by atoms with E-state index in [0.29, 0.717) is 24.3 Å². The number of esters is 2. The van der Waals surface area contributed by atoms with E-state index in [1.54, 1.807) is 0 Å². The van der Waals surface area contributed by atoms with Crippen LogP contribution in [0, 0.1) is 0 Å². The van der Waals surface area contributed by atoms with Crippen LogP contribution in [0.5, 0.6) is 0 Å². The van der Waals surface area contributed by atoms with Gasteiger partial charge in [-0.05, 0) is 74.2 Å². The Morgan fingerprint density at radius 3 is 1.24 bits per heavy atom. The third kappa shape index (κ3) is 13.0. The molecule has 0 N–H and O–H groups in total. The summed E-state index contributed by atoms with van der Waals surface area (Å²) in [6.07, 6.45) is 8.73. The van der Waals surface area contributed by atoms with Crippen molar-refractivity contribution >= 4 is 44.9 Å². The molecule has 2 rings (SSSR count). The van der Waals surface area contributed by atoms with Gasteiger partial charge >= 0.3 is 11.9 Å². The molecule has 0 aromatic heterocycles. The fourth-order valence-corrected chi connectivity index (χ4v) is 5.93. The summed E-state index contributed by atoms with van der Waals surface area (Å²) in [6.45, 7) is 0.971. The second-order valence-corrected chi connectivity index (χ2v) is 12.3. The number of carbonyl (C=O) groups excluding carboxylic acids is 2. The summed E-state index contributed by atoms with van der Waals surface area (Å²) in [6, 6.07) is 15.0. The smallest absolute Gasteiger partial charge is 0.338 e. The summed E-state index contributed by atoms with van der Waals surface area (Å²) >= 11 is 0. The first-order valence-corrected chi connectivity index (χ1v) is 16.0. The molecular formula is C30H44N2O4S2. The summed E-state index contributed by atoms with van der Waals surface area (Å²) < 4.78 is 10.8. The molecule has 0 unspecified atom stereocenters. The number of nitrogens with zero attached hydrogens (tertiary/aromatic N) is 2. The van der Waals surface area contributed by atoms with Gasteiger partial charge in [-0.15, -0.1) is 0 Å². The molecule has 0 radical (unpaired) electrons. The van der Waals surface area contributed by atoms with Gasteiger partial charge in [-0.3, -0.25) is 0 Å². The van der Waals surface area contributed by atoms with Crippen molar-refractivity contribution in [3.8, 4) is 0 Å². The van der Waals surface area contributed by atoms with Gasteiger partial charge in [0.1, 0.15) is 0 Å². The maximum atomic E-state index is 12.1. The van der Waals surface area contributed by atoms with Crippen molar-refractivity contribution in [3.63, 3.8) is 0 Å². The van der Waals surface area contributed by atoms with Crippen molar-refractivity contribution in [3.05, 3.63) is 59.7 Å². The molecular weight excluding hydrogens is 516 g/mol. The minimum Gasteiger partial charge on any atom is -0.462 e. The average Bonchev–Trinajstić information content (AvgIpc) is 2.92. The second-order valence-electron chi connectivity index (χ2n) is 9.63. The van der Waals surface area contributed by atoms with Crippen LogP contribution in [0.2, 0.25) is 0 Å². The van der Waals surface area contributed by atoms with E-state index in [9.17, 15) is 9.59 Å². The lowest BCUT2D eigenvalue weighted by Crippen LogP contribution is -2.10. The highest BCUT2D eigenvalue weighted by molar-refractivity contribution is 8.76. The first kappa shape index (κ1) is 31.9. The van der Waals surface area contributed by atoms with Crippen molar-refractivity contribution in [2.24, 2.45) is 0 Å². The second kappa shape index (κ2) is 18.9. The normalized spacial score (nSPS) is 10.7. The maximum Gasteiger partial charge on any atom is 0.338 e. The summed E-state index contributed by atoms with van der Waals surface area (Å²) in [5, 5.41) is 0. The van der Waals surface area contributed by atoms with Crippen molar-refractivity contribution in [1.82, 2.24) is 0 Å². The Bertz CT molecular complexity index is 857. The predicted octanol–water partition coefficient (Wildman–Crippen LogP) is 7.33. The Balaban J connectivity index is 1.34. The van der Waals surface area contributed by atoms with Gasteiger partial charge < -0.3 is 19.3 Å². The van der Waals surface area contributed by atoms with Gasteiger partial charge in [0.15, 0.2) is 0 Å². The number of hydrogen-bond acceptors (Lipinski definition) is 8. The van der Waals surface area contributed by atoms with Gasteiger partial charge in [0.2, 0.25) is 0 Å². The molecule has 0 heterocycles. The Morgan fingerprint density at radius 2 is 0.895 bits per heavy atom. The lowest BCUT2D eigenvalue weighted by molar-refractivity contribution is 0.0488. The molecule has 210 valence electrons. The zero-order valence-electron chi connectivity index (χ0n) is 23.4. The lowest BCUT2D eigenvalue weighted by Gasteiger charge is -2.12. The Morgan fingerprint density at radius 1 is 0.553 bits per heavy atom. The number of carbonyl (C=O) groups is 2. The Kier molecular flexibility index (Phi) is 15.8. The number of unbranched alkanes of at least 4 members (excludes halogenated alkanes) is 6. The van der Waals surface area contributed by atoms with Crippen LogP contribution >= 0.6 is 21.6 Å². The summed E-state index contributed by atoms with van der Waals surface area (Å²) in [5.74, 6) is 1.84. The maximum absolute atomic E-state index is 12.1. The standard InChI is InChI=1S/C30H44N2O4S2/c1-31(2)27-17-13-25(14-18-27)29(33)35-21-9-5-7-11-23-37-38-24-12-8-6-10-22-36-30(34)26-15-19-28(20-16-26)32(3)4/h13-20H,5-12,21-24H2,1-4H3. The van der Waals surface area contributed by atoms with Crippen molar-refractivity contribution < 1.29 is 19.1 Å². The van der Waals surface area contributed by atoms with Gasteiger partial charge in [0.05, 0.1) is 24.3 Å². The van der Waals surface area contributed by atoms with Crippen molar-refractivity contribution in [2.75, 3.05) is 62.7 Å². The molecule has 0 spiro atoms. The molecule has 0 saturated heterocycles. The lowest BCUT2D eigenvalue weighted by atomic mass is 10.2. The fraction of sp³-hybridized carbons (Fsp3) is 0.533. The highest BCUT2D eigenvalue weighted by atomic mass is 33.1. The highest BCUT2D eigenvalue weighted by Crippen LogP contribution is 2.24. The van der Waals surface area contributed by atoms with E-state index >= 15 is 0 Å². The zero-order chi connectivity index (χ0) is 27.6. The molecule has 0 atom stereocenters. The molecule has 38 heavy (non-hydrogen) atoms. The first-order chi connectivity index (χ1) is 18.4. The van der Waals surface area contributed by atoms with E-state index in [-0.39, 0.29) is 11.9 Å². The molecule has 0 aliphatic rings. The molecule has 0 saturated carbocycles. The van der Waals surface area contributed by atoms with E-state index in [4.69, 9.17) is 9.47 Å². The van der Waals surface area contributed by atoms with Gasteiger partial charge in [-0.25, -0.2) is 9.59 Å². The molecule has 2 aromatic carbocycles. The molecule has 0 amide bonds. The van der Waals surface area contributed by atoms with Crippen LogP contribution in [-0.4, -0.2) is 64.8 Å². The van der Waals surface area contributed by atoms with Crippen LogP contribution in [0.25, 0.3) is 0 Å². The van der Waals surface area contributed by atoms with Crippen LogP contribution in [-0.2, 0) is 9.47 Å². The first-order valence-electron chi connectivity index (χ1n) is 13.5. The monoisotopic (exact) mass is 560 g/mol. The van der Waals surface area contributed by atoms with Crippen LogP contribution in [0.1, 0.15) is 72.1 Å². The molecule has 8 heteroatoms. The molecule has 0 aliphatic heterocycles. The molecule has 0 bridgehead atoms. The third-order valence-corrected chi connectivity index (χ3v) is 8.61. The van der Waals surface area contributed by atoms with E-state index in [1.807, 2.05) is 108 Å². The van der Waals surface area contributed by atoms with Crippen molar-refractivity contribution in [1.29, 1.82) is 0 Å². The van der Waals surface area contributed by atoms with Crippen LogP contribution in [0.15, 0.2) is 48.5 Å². The average molecular weight is 561 g/mol. The van der Waals surface area contributed by atoms with Crippen LogP contribution in [0.3, 0.4) is 0 Å². The van der Waals surface area contributed by atoms with Gasteiger partial charge in [0, 0.05) is 51.1 Å². The minimum atomic E-state index is -0.241. The summed E-state index contributed by atoms with van der Waals surface area (Å²) in [4.78, 5) is 28.2. The molecule has 0 fully saturated rings. The number of ether oxygens (including phenoxy) is 2. The van der Waals surface area contributed by atoms with Crippen LogP contribution < -0.4 is 9.80 Å². The quantitative estimate of drug-likeness (QED) is 0.101. The number of rotatable bonds is 19. The number of hydrogen-bond donors (Lipinski definition) is 0. The third-order valence-electron chi connectivity index (χ3n) is 6.03. The van der Waals surface area contributed by atoms with E-state index < -0.39 is 0 Å². The zero-order valence-corrected chi connectivity index (χ0v) is 25.1. The highest BCUT2D eigenvalue weighted by Gasteiger charge is 2.08. The minimum absolute atomic E-state index is 0.241. The Hall–Kier alpha value is -2.32. The van der Waals surface area contributed by atoms with E-state index in [2.05, 4.69) is 0 Å². The molecule has 2 aromatic rings. The predicted molar refractivity (Wildman–Crippen MR) is 164 cm³/mol. The molecule has 0 aliphatic carbocycles. The molecule has 6 nitrogen and oxygen atoms in total. The van der Waals surface area contributed by atoms with Gasteiger partial charge in [0.25, 0.3) is 0 Å². The summed E-state index contributed by atoms with van der Waals surface area (Å²) in [7, 11) is 11.8. The topological polar surface area (TPSA) is 59.1 Å². The van der Waals surface area contributed by atoms with E-state index in [1.165, 1.54) is 25.7 Å².